The van der Waals surface area contributed by atoms with Crippen molar-refractivity contribution in [1.29, 1.82) is 0 Å². The van der Waals surface area contributed by atoms with E-state index in [1.165, 1.54) is 10.4 Å². The molecule has 1 aromatic carbocycles. The number of para-hydroxylation sites is 1. The molecule has 1 atom stereocenters. The van der Waals surface area contributed by atoms with Gasteiger partial charge in [-0.05, 0) is 56.1 Å². The molecule has 2 aromatic rings. The van der Waals surface area contributed by atoms with Crippen LogP contribution >= 0.6 is 23.7 Å². The Morgan fingerprint density at radius 1 is 1.24 bits per heavy atom. The number of rotatable bonds is 3. The summed E-state index contributed by atoms with van der Waals surface area (Å²) in [5.41, 5.74) is 1.14. The van der Waals surface area contributed by atoms with E-state index in [4.69, 9.17) is 9.47 Å². The van der Waals surface area contributed by atoms with Crippen molar-refractivity contribution in [2.75, 3.05) is 32.8 Å². The third-order valence-corrected chi connectivity index (χ3v) is 7.42. The molecule has 1 N–H and O–H groups in total. The lowest BCUT2D eigenvalue weighted by Gasteiger charge is -2.40. The van der Waals surface area contributed by atoms with Crippen molar-refractivity contribution in [2.24, 2.45) is 0 Å². The Balaban J connectivity index is 0.00000205. The Morgan fingerprint density at radius 2 is 2.03 bits per heavy atom. The van der Waals surface area contributed by atoms with E-state index >= 15 is 0 Å². The maximum absolute atomic E-state index is 13.2. The van der Waals surface area contributed by atoms with Crippen molar-refractivity contribution in [2.45, 2.75) is 37.4 Å². The van der Waals surface area contributed by atoms with Crippen LogP contribution in [0.5, 0.6) is 5.75 Å². The van der Waals surface area contributed by atoms with E-state index in [2.05, 4.69) is 11.4 Å². The first kappa shape index (κ1) is 20.7. The fraction of sp³-hybridized carbons (Fsp3) is 0.500. The van der Waals surface area contributed by atoms with Crippen molar-refractivity contribution >= 4 is 29.7 Å². The number of ether oxygens (including phenoxy) is 2. The number of fused-ring (bicyclic) bond motifs is 2. The summed E-state index contributed by atoms with van der Waals surface area (Å²) >= 11 is 1.66. The number of hydrogen-bond donors (Lipinski definition) is 1. The zero-order valence-electron chi connectivity index (χ0n) is 16.4. The quantitative estimate of drug-likeness (QED) is 0.801. The molecule has 7 heteroatoms. The Morgan fingerprint density at radius 3 is 2.83 bits per heavy atom. The first-order valence-electron chi connectivity index (χ1n) is 10.2. The number of amides is 1. The van der Waals surface area contributed by atoms with Crippen molar-refractivity contribution in [3.63, 3.8) is 0 Å². The SMILES string of the molecule is Cl.O=C(c1cc2c(s1)C1(CCNCC1)OCC2)N1CC[C@@H](Oc2ccccc2)C1. The first-order chi connectivity index (χ1) is 13.7. The van der Waals surface area contributed by atoms with Crippen LogP contribution in [-0.4, -0.2) is 49.7 Å². The Bertz CT molecular complexity index is 851. The van der Waals surface area contributed by atoms with Gasteiger partial charge in [0.15, 0.2) is 0 Å². The van der Waals surface area contributed by atoms with Gasteiger partial charge in [-0.2, -0.15) is 0 Å². The van der Waals surface area contributed by atoms with Crippen LogP contribution in [0.25, 0.3) is 0 Å². The molecule has 5 rings (SSSR count). The van der Waals surface area contributed by atoms with Crippen molar-refractivity contribution in [1.82, 2.24) is 10.2 Å². The highest BCUT2D eigenvalue weighted by atomic mass is 35.5. The fourth-order valence-corrected chi connectivity index (χ4v) is 5.96. The van der Waals surface area contributed by atoms with Gasteiger partial charge in [-0.15, -0.1) is 23.7 Å². The second-order valence-corrected chi connectivity index (χ2v) is 8.95. The van der Waals surface area contributed by atoms with Crippen LogP contribution in [0.3, 0.4) is 0 Å². The number of likely N-dealkylation sites (tertiary alicyclic amines) is 1. The summed E-state index contributed by atoms with van der Waals surface area (Å²) in [6.07, 6.45) is 3.84. The number of halogens is 1. The number of nitrogens with one attached hydrogen (secondary N) is 1. The summed E-state index contributed by atoms with van der Waals surface area (Å²) in [6.45, 7) is 4.12. The van der Waals surface area contributed by atoms with E-state index in [0.29, 0.717) is 6.54 Å². The van der Waals surface area contributed by atoms with E-state index in [0.717, 1.165) is 62.6 Å². The molecule has 3 aliphatic rings. The van der Waals surface area contributed by atoms with Crippen LogP contribution in [0.4, 0.5) is 0 Å². The third kappa shape index (κ3) is 4.04. The molecule has 1 spiro atoms. The summed E-state index contributed by atoms with van der Waals surface area (Å²) < 4.78 is 12.3. The summed E-state index contributed by atoms with van der Waals surface area (Å²) in [5, 5.41) is 3.42. The monoisotopic (exact) mass is 434 g/mol. The highest BCUT2D eigenvalue weighted by molar-refractivity contribution is 7.14. The summed E-state index contributed by atoms with van der Waals surface area (Å²) in [6, 6.07) is 12.0. The zero-order valence-corrected chi connectivity index (χ0v) is 18.0. The molecule has 156 valence electrons. The second kappa shape index (κ2) is 8.64. The Hall–Kier alpha value is -1.60. The lowest BCUT2D eigenvalue weighted by molar-refractivity contribution is -0.0771. The molecule has 1 aromatic heterocycles. The van der Waals surface area contributed by atoms with E-state index in [1.54, 1.807) is 11.3 Å². The van der Waals surface area contributed by atoms with E-state index < -0.39 is 0 Å². The molecule has 0 unspecified atom stereocenters. The average molecular weight is 435 g/mol. The van der Waals surface area contributed by atoms with Crippen LogP contribution in [0.1, 0.15) is 39.4 Å². The van der Waals surface area contributed by atoms with Crippen molar-refractivity contribution < 1.29 is 14.3 Å². The third-order valence-electron chi connectivity index (χ3n) is 6.07. The highest BCUT2D eigenvalue weighted by Crippen LogP contribution is 2.44. The maximum Gasteiger partial charge on any atom is 0.264 e. The van der Waals surface area contributed by atoms with Crippen LogP contribution in [0.15, 0.2) is 36.4 Å². The molecule has 2 fully saturated rings. The van der Waals surface area contributed by atoms with Gasteiger partial charge in [0.1, 0.15) is 17.5 Å². The standard InChI is InChI=1S/C22H26N2O3S.ClH/c25-21(24-12-6-18(15-24)27-17-4-2-1-3-5-17)19-14-16-7-13-26-22(20(16)28-19)8-10-23-11-9-22;/h1-5,14,18,23H,6-13,15H2;1H/t18-;/m1./s1. The van der Waals surface area contributed by atoms with E-state index in [9.17, 15) is 4.79 Å². The van der Waals surface area contributed by atoms with Gasteiger partial charge in [0.2, 0.25) is 0 Å². The van der Waals surface area contributed by atoms with Gasteiger partial charge < -0.3 is 19.7 Å². The van der Waals surface area contributed by atoms with E-state index in [1.807, 2.05) is 35.2 Å². The number of thiophene rings is 1. The van der Waals surface area contributed by atoms with Gasteiger partial charge in [0.25, 0.3) is 5.91 Å². The van der Waals surface area contributed by atoms with Crippen LogP contribution < -0.4 is 10.1 Å². The minimum absolute atomic E-state index is 0. The topological polar surface area (TPSA) is 50.8 Å². The summed E-state index contributed by atoms with van der Waals surface area (Å²) in [7, 11) is 0. The molecule has 3 aliphatic heterocycles. The number of hydrogen-bond acceptors (Lipinski definition) is 5. The molecule has 0 aliphatic carbocycles. The molecule has 0 saturated carbocycles. The lowest BCUT2D eigenvalue weighted by Crippen LogP contribution is -2.43. The predicted molar refractivity (Wildman–Crippen MR) is 116 cm³/mol. The first-order valence-corrected chi connectivity index (χ1v) is 11.0. The fourth-order valence-electron chi connectivity index (χ4n) is 4.59. The number of piperidine rings is 1. The molecule has 0 radical (unpaired) electrons. The second-order valence-electron chi connectivity index (χ2n) is 7.90. The molecule has 4 heterocycles. The number of carbonyl (C=O) groups excluding carboxylic acids is 1. The van der Waals surface area contributed by atoms with Crippen molar-refractivity contribution in [3.05, 3.63) is 51.7 Å². The van der Waals surface area contributed by atoms with Gasteiger partial charge in [0, 0.05) is 17.8 Å². The number of benzene rings is 1. The minimum atomic E-state index is -0.175. The van der Waals surface area contributed by atoms with E-state index in [-0.39, 0.29) is 30.0 Å². The molecular formula is C22H27ClN2O3S. The highest BCUT2D eigenvalue weighted by Gasteiger charge is 2.41. The van der Waals surface area contributed by atoms with Gasteiger partial charge in [0.05, 0.1) is 18.0 Å². The van der Waals surface area contributed by atoms with Gasteiger partial charge in [-0.3, -0.25) is 4.79 Å². The van der Waals surface area contributed by atoms with Crippen molar-refractivity contribution in [3.8, 4) is 5.75 Å². The summed E-state index contributed by atoms with van der Waals surface area (Å²) in [4.78, 5) is 17.3. The van der Waals surface area contributed by atoms with Gasteiger partial charge >= 0.3 is 0 Å². The Labute approximate surface area is 181 Å². The molecule has 29 heavy (non-hydrogen) atoms. The van der Waals surface area contributed by atoms with Crippen LogP contribution in [-0.2, 0) is 16.8 Å². The molecule has 1 amide bonds. The Kier molecular flexibility index (Phi) is 6.16. The predicted octanol–water partition coefficient (Wildman–Crippen LogP) is 3.61. The molecule has 0 bridgehead atoms. The molecular weight excluding hydrogens is 408 g/mol. The largest absolute Gasteiger partial charge is 0.489 e. The lowest BCUT2D eigenvalue weighted by atomic mass is 9.86. The smallest absolute Gasteiger partial charge is 0.264 e. The van der Waals surface area contributed by atoms with Crippen LogP contribution in [0.2, 0.25) is 0 Å². The maximum atomic E-state index is 13.2. The molecule has 5 nitrogen and oxygen atoms in total. The zero-order chi connectivity index (χ0) is 19.0. The van der Waals surface area contributed by atoms with Gasteiger partial charge in [-0.1, -0.05) is 18.2 Å². The van der Waals surface area contributed by atoms with Gasteiger partial charge in [-0.25, -0.2) is 0 Å². The minimum Gasteiger partial charge on any atom is -0.489 e. The normalized spacial score (nSPS) is 22.8. The summed E-state index contributed by atoms with van der Waals surface area (Å²) in [5.74, 6) is 1.01. The molecule has 2 saturated heterocycles. The van der Waals surface area contributed by atoms with Crippen LogP contribution in [0, 0.1) is 0 Å². The number of nitrogens with zero attached hydrogens (tertiary/aromatic N) is 1. The average Bonchev–Trinajstić information content (AvgIpc) is 3.37. The number of carbonyl (C=O) groups is 1.